The molecule has 1 unspecified atom stereocenters. The molecule has 178 valence electrons. The number of carbonyl (C=O) groups is 2. The van der Waals surface area contributed by atoms with Gasteiger partial charge in [-0.25, -0.2) is 0 Å². The third-order valence-electron chi connectivity index (χ3n) is 5.39. The molecule has 32 heavy (non-hydrogen) atoms. The maximum atomic E-state index is 12.1. The van der Waals surface area contributed by atoms with E-state index in [1.807, 2.05) is 19.1 Å². The van der Waals surface area contributed by atoms with Gasteiger partial charge in [-0.15, -0.1) is 0 Å². The maximum Gasteiger partial charge on any atom is 0.267 e. The highest BCUT2D eigenvalue weighted by atomic mass is 32.2. The molecule has 1 atom stereocenters. The van der Waals surface area contributed by atoms with Crippen LogP contribution in [0.4, 0.5) is 0 Å². The standard InChI is InChI=1S/C24H36N2O5S/c1-17(12-13-20-19(3)11-8-14-24(20,4)5)9-7-10-18(2)15-22(27)26-21(23(28)25-6)16-32(29,30)31/h7,9-10,12-13,15,21H,8,11,14,16H2,1-6H3,(H,25,28)(H,26,27)(H,29,30,31)/b10-7+,13-12+,17-9+,18-15+. The Morgan fingerprint density at radius 1 is 1.19 bits per heavy atom. The monoisotopic (exact) mass is 464 g/mol. The van der Waals surface area contributed by atoms with E-state index in [1.54, 1.807) is 13.0 Å². The van der Waals surface area contributed by atoms with Crippen molar-refractivity contribution in [3.63, 3.8) is 0 Å². The van der Waals surface area contributed by atoms with Gasteiger partial charge in [0, 0.05) is 13.1 Å². The molecule has 1 rings (SSSR count). The zero-order valence-corrected chi connectivity index (χ0v) is 20.7. The van der Waals surface area contributed by atoms with Gasteiger partial charge in [-0.3, -0.25) is 14.1 Å². The van der Waals surface area contributed by atoms with E-state index >= 15 is 0 Å². The number of nitrogens with one attached hydrogen (secondary N) is 2. The van der Waals surface area contributed by atoms with E-state index < -0.39 is 33.7 Å². The summed E-state index contributed by atoms with van der Waals surface area (Å²) in [7, 11) is -3.12. The molecule has 3 N–H and O–H groups in total. The summed E-state index contributed by atoms with van der Waals surface area (Å²) in [6.45, 7) is 10.5. The van der Waals surface area contributed by atoms with Crippen LogP contribution in [0.5, 0.6) is 0 Å². The highest BCUT2D eigenvalue weighted by Crippen LogP contribution is 2.40. The molecule has 8 heteroatoms. The van der Waals surface area contributed by atoms with Crippen molar-refractivity contribution in [2.75, 3.05) is 12.8 Å². The van der Waals surface area contributed by atoms with Crippen LogP contribution < -0.4 is 10.6 Å². The molecule has 1 aliphatic carbocycles. The van der Waals surface area contributed by atoms with Gasteiger partial charge >= 0.3 is 0 Å². The summed E-state index contributed by atoms with van der Waals surface area (Å²) in [6.07, 6.45) is 14.6. The topological polar surface area (TPSA) is 113 Å². The zero-order valence-electron chi connectivity index (χ0n) is 19.9. The van der Waals surface area contributed by atoms with Gasteiger partial charge in [0.2, 0.25) is 11.8 Å². The van der Waals surface area contributed by atoms with E-state index in [1.165, 1.54) is 37.1 Å². The molecule has 0 aromatic carbocycles. The van der Waals surface area contributed by atoms with Crippen molar-refractivity contribution in [1.29, 1.82) is 0 Å². The Balaban J connectivity index is 2.80. The molecule has 0 bridgehead atoms. The van der Waals surface area contributed by atoms with E-state index in [2.05, 4.69) is 43.6 Å². The minimum absolute atomic E-state index is 0.184. The first kappa shape index (κ1) is 27.6. The molecular formula is C24H36N2O5S. The predicted octanol–water partition coefficient (Wildman–Crippen LogP) is 3.64. The Hall–Kier alpha value is -2.45. The first-order valence-corrected chi connectivity index (χ1v) is 12.2. The summed E-state index contributed by atoms with van der Waals surface area (Å²) in [4.78, 5) is 23.9. The van der Waals surface area contributed by atoms with Crippen LogP contribution in [0.2, 0.25) is 0 Å². The number of likely N-dealkylation sites (N-methyl/N-ethyl adjacent to an activating group) is 1. The van der Waals surface area contributed by atoms with Crippen LogP contribution >= 0.6 is 0 Å². The summed E-state index contributed by atoms with van der Waals surface area (Å²) in [5, 5.41) is 4.55. The summed E-state index contributed by atoms with van der Waals surface area (Å²) in [5.41, 5.74) is 4.69. The van der Waals surface area contributed by atoms with Crippen LogP contribution in [0.3, 0.4) is 0 Å². The normalized spacial score (nSPS) is 18.8. The fourth-order valence-corrected chi connectivity index (χ4v) is 4.32. The molecular weight excluding hydrogens is 428 g/mol. The second kappa shape index (κ2) is 12.0. The van der Waals surface area contributed by atoms with E-state index in [0.29, 0.717) is 5.57 Å². The van der Waals surface area contributed by atoms with Crippen molar-refractivity contribution < 1.29 is 22.6 Å². The van der Waals surface area contributed by atoms with Gasteiger partial charge in [-0.2, -0.15) is 8.42 Å². The lowest BCUT2D eigenvalue weighted by atomic mass is 9.72. The molecule has 0 saturated heterocycles. The average molecular weight is 465 g/mol. The molecule has 2 amide bonds. The molecule has 0 fully saturated rings. The smallest absolute Gasteiger partial charge is 0.267 e. The largest absolute Gasteiger partial charge is 0.357 e. The van der Waals surface area contributed by atoms with Crippen molar-refractivity contribution >= 4 is 21.9 Å². The van der Waals surface area contributed by atoms with Crippen LogP contribution in [0.25, 0.3) is 0 Å². The number of amides is 2. The van der Waals surface area contributed by atoms with Crippen LogP contribution in [0, 0.1) is 5.41 Å². The third kappa shape index (κ3) is 9.78. The zero-order chi connectivity index (χ0) is 24.5. The Morgan fingerprint density at radius 2 is 1.84 bits per heavy atom. The van der Waals surface area contributed by atoms with Crippen LogP contribution in [0.1, 0.15) is 53.9 Å². The van der Waals surface area contributed by atoms with Crippen molar-refractivity contribution in [1.82, 2.24) is 10.6 Å². The van der Waals surface area contributed by atoms with Crippen LogP contribution in [-0.2, 0) is 19.7 Å². The lowest BCUT2D eigenvalue weighted by Gasteiger charge is -2.32. The second-order valence-electron chi connectivity index (χ2n) is 8.85. The molecule has 0 radical (unpaired) electrons. The van der Waals surface area contributed by atoms with Crippen molar-refractivity contribution in [2.24, 2.45) is 5.41 Å². The molecule has 0 aliphatic heterocycles. The van der Waals surface area contributed by atoms with Gasteiger partial charge in [0.25, 0.3) is 10.1 Å². The highest BCUT2D eigenvalue weighted by molar-refractivity contribution is 7.85. The summed E-state index contributed by atoms with van der Waals surface area (Å²) in [5.74, 6) is -2.25. The third-order valence-corrected chi connectivity index (χ3v) is 6.14. The number of allylic oxidation sites excluding steroid dienone is 9. The fraction of sp³-hybridized carbons (Fsp3) is 0.500. The van der Waals surface area contributed by atoms with Gasteiger partial charge in [0.15, 0.2) is 0 Å². The van der Waals surface area contributed by atoms with E-state index in [-0.39, 0.29) is 5.41 Å². The first-order chi connectivity index (χ1) is 14.7. The molecule has 0 saturated carbocycles. The lowest BCUT2D eigenvalue weighted by Crippen LogP contribution is -2.49. The fourth-order valence-electron chi connectivity index (χ4n) is 3.67. The van der Waals surface area contributed by atoms with E-state index in [9.17, 15) is 18.0 Å². The Kier molecular flexibility index (Phi) is 10.3. The average Bonchev–Trinajstić information content (AvgIpc) is 2.64. The van der Waals surface area contributed by atoms with E-state index in [0.717, 1.165) is 12.0 Å². The molecule has 0 heterocycles. The van der Waals surface area contributed by atoms with E-state index in [4.69, 9.17) is 4.55 Å². The van der Waals surface area contributed by atoms with Crippen molar-refractivity contribution in [3.8, 4) is 0 Å². The maximum absolute atomic E-state index is 12.1. The van der Waals surface area contributed by atoms with Gasteiger partial charge < -0.3 is 10.6 Å². The minimum Gasteiger partial charge on any atom is -0.357 e. The number of hydrogen-bond donors (Lipinski definition) is 3. The van der Waals surface area contributed by atoms with Crippen molar-refractivity contribution in [2.45, 2.75) is 59.9 Å². The summed E-state index contributed by atoms with van der Waals surface area (Å²) < 4.78 is 31.1. The predicted molar refractivity (Wildman–Crippen MR) is 129 cm³/mol. The molecule has 0 aromatic heterocycles. The number of rotatable bonds is 9. The van der Waals surface area contributed by atoms with Crippen LogP contribution in [0.15, 0.2) is 58.7 Å². The molecule has 0 aromatic rings. The molecule has 7 nitrogen and oxygen atoms in total. The van der Waals surface area contributed by atoms with Gasteiger partial charge in [0.1, 0.15) is 11.8 Å². The first-order valence-electron chi connectivity index (χ1n) is 10.6. The quantitative estimate of drug-likeness (QED) is 0.274. The van der Waals surface area contributed by atoms with Crippen molar-refractivity contribution in [3.05, 3.63) is 58.7 Å². The molecule has 0 spiro atoms. The Morgan fingerprint density at radius 3 is 2.41 bits per heavy atom. The highest BCUT2D eigenvalue weighted by Gasteiger charge is 2.26. The van der Waals surface area contributed by atoms with Gasteiger partial charge in [-0.05, 0) is 56.6 Å². The summed E-state index contributed by atoms with van der Waals surface area (Å²) >= 11 is 0. The Bertz CT molecular complexity index is 966. The Labute approximate surface area is 192 Å². The SMILES string of the molecule is CNC(=O)C(CS(=O)(=O)O)NC(=O)/C=C(C)/C=C/C=C(C)/C=C/C1=C(C)CCCC1(C)C. The van der Waals surface area contributed by atoms with Gasteiger partial charge in [-0.1, -0.05) is 55.4 Å². The van der Waals surface area contributed by atoms with Crippen LogP contribution in [-0.4, -0.2) is 43.6 Å². The molecule has 1 aliphatic rings. The number of carbonyl (C=O) groups excluding carboxylic acids is 2. The summed E-state index contributed by atoms with van der Waals surface area (Å²) in [6, 6.07) is -1.38. The lowest BCUT2D eigenvalue weighted by molar-refractivity contribution is -0.126. The minimum atomic E-state index is -4.43. The second-order valence-corrected chi connectivity index (χ2v) is 10.3. The van der Waals surface area contributed by atoms with Gasteiger partial charge in [0.05, 0.1) is 0 Å². The number of hydrogen-bond acceptors (Lipinski definition) is 4.